The van der Waals surface area contributed by atoms with Crippen molar-refractivity contribution in [2.24, 2.45) is 0 Å². The fourth-order valence-corrected chi connectivity index (χ4v) is 4.89. The Hall–Kier alpha value is -4.56. The normalized spacial score (nSPS) is 11.5. The Bertz CT molecular complexity index is 1620. The van der Waals surface area contributed by atoms with Gasteiger partial charge >= 0.3 is 11.9 Å². The number of fused-ring (bicyclic) bond motifs is 1. The number of para-hydroxylation sites is 1. The molecule has 1 heterocycles. The van der Waals surface area contributed by atoms with Crippen molar-refractivity contribution in [2.45, 2.75) is 32.7 Å². The Labute approximate surface area is 248 Å². The fourth-order valence-electron chi connectivity index (χ4n) is 4.70. The number of ether oxygens (including phenoxy) is 2. The standard InChI is InChI=1S/C33H31ClFNO6/c1-22-26(7-6-10-30(37)38)32-28(35)18-15-24(33(32)36(22)21-31(39)40)14-11-23-12-16-25(17-13-23)41-19-4-5-20-42-29-9-3-2-8-27(29)34/h2-5,8-9,11-18H,6-7,10,19-21H2,1H3,(H,37,38)(H,39,40). The fraction of sp³-hybridized carbons (Fsp3) is 0.212. The molecule has 1 aromatic heterocycles. The second-order valence-electron chi connectivity index (χ2n) is 9.58. The topological polar surface area (TPSA) is 98.0 Å². The molecule has 7 nitrogen and oxygen atoms in total. The molecule has 4 aromatic rings. The Balaban J connectivity index is 1.45. The van der Waals surface area contributed by atoms with Gasteiger partial charge in [-0.1, -0.05) is 48.0 Å². The van der Waals surface area contributed by atoms with Crippen LogP contribution < -0.4 is 9.47 Å². The van der Waals surface area contributed by atoms with E-state index in [2.05, 4.69) is 0 Å². The summed E-state index contributed by atoms with van der Waals surface area (Å²) >= 11 is 6.07. The quantitative estimate of drug-likeness (QED) is 0.117. The van der Waals surface area contributed by atoms with Crippen molar-refractivity contribution in [3.8, 4) is 11.5 Å². The summed E-state index contributed by atoms with van der Waals surface area (Å²) < 4.78 is 28.0. The third-order valence-electron chi connectivity index (χ3n) is 6.70. The van der Waals surface area contributed by atoms with Gasteiger partial charge in [0.25, 0.3) is 0 Å². The summed E-state index contributed by atoms with van der Waals surface area (Å²) in [7, 11) is 0. The van der Waals surface area contributed by atoms with Gasteiger partial charge in [-0.25, -0.2) is 4.39 Å². The number of hydrogen-bond donors (Lipinski definition) is 2. The van der Waals surface area contributed by atoms with Gasteiger partial charge in [-0.2, -0.15) is 0 Å². The van der Waals surface area contributed by atoms with Crippen LogP contribution in [-0.4, -0.2) is 39.9 Å². The summed E-state index contributed by atoms with van der Waals surface area (Å²) in [5.74, 6) is -1.14. The van der Waals surface area contributed by atoms with E-state index in [9.17, 15) is 14.7 Å². The van der Waals surface area contributed by atoms with E-state index in [0.717, 1.165) is 5.56 Å². The molecule has 42 heavy (non-hydrogen) atoms. The molecule has 0 aliphatic rings. The molecular weight excluding hydrogens is 561 g/mol. The molecule has 0 atom stereocenters. The highest BCUT2D eigenvalue weighted by atomic mass is 35.5. The molecule has 4 rings (SSSR count). The van der Waals surface area contributed by atoms with Crippen molar-refractivity contribution in [1.29, 1.82) is 0 Å². The molecule has 0 unspecified atom stereocenters. The molecule has 0 saturated heterocycles. The van der Waals surface area contributed by atoms with Gasteiger partial charge in [0.2, 0.25) is 0 Å². The van der Waals surface area contributed by atoms with E-state index in [0.29, 0.717) is 70.3 Å². The van der Waals surface area contributed by atoms with E-state index in [-0.39, 0.29) is 13.0 Å². The SMILES string of the molecule is Cc1c(CCCC(=O)O)c2c(F)ccc(C=Cc3ccc(OCC=CCOc4ccccc4Cl)cc3)c2n1CC(=O)O. The van der Waals surface area contributed by atoms with E-state index in [1.54, 1.807) is 29.7 Å². The lowest BCUT2D eigenvalue weighted by atomic mass is 10.0. The third-order valence-corrected chi connectivity index (χ3v) is 7.01. The van der Waals surface area contributed by atoms with Crippen LogP contribution in [0.2, 0.25) is 5.02 Å². The van der Waals surface area contributed by atoms with Crippen molar-refractivity contribution in [2.75, 3.05) is 13.2 Å². The molecule has 0 aliphatic heterocycles. The highest BCUT2D eigenvalue weighted by molar-refractivity contribution is 6.32. The molecule has 0 spiro atoms. The first-order valence-electron chi connectivity index (χ1n) is 13.4. The molecule has 0 amide bonds. The van der Waals surface area contributed by atoms with E-state index >= 15 is 4.39 Å². The molecule has 218 valence electrons. The van der Waals surface area contributed by atoms with Crippen molar-refractivity contribution in [3.05, 3.63) is 106 Å². The molecule has 0 radical (unpaired) electrons. The maximum Gasteiger partial charge on any atom is 0.323 e. The van der Waals surface area contributed by atoms with E-state index < -0.39 is 17.8 Å². The van der Waals surface area contributed by atoms with Crippen LogP contribution in [-0.2, 0) is 22.6 Å². The van der Waals surface area contributed by atoms with Crippen LogP contribution in [0, 0.1) is 12.7 Å². The summed E-state index contributed by atoms with van der Waals surface area (Å²) in [5, 5.41) is 19.4. The van der Waals surface area contributed by atoms with Crippen LogP contribution in [0.25, 0.3) is 23.1 Å². The molecule has 0 saturated carbocycles. The van der Waals surface area contributed by atoms with Crippen LogP contribution in [0.15, 0.2) is 72.8 Å². The van der Waals surface area contributed by atoms with Crippen LogP contribution in [0.4, 0.5) is 4.39 Å². The first-order valence-corrected chi connectivity index (χ1v) is 13.8. The molecule has 2 N–H and O–H groups in total. The van der Waals surface area contributed by atoms with Crippen LogP contribution in [0.1, 0.15) is 35.2 Å². The summed E-state index contributed by atoms with van der Waals surface area (Å²) in [6.45, 7) is 2.14. The highest BCUT2D eigenvalue weighted by Crippen LogP contribution is 2.33. The van der Waals surface area contributed by atoms with Gasteiger partial charge < -0.3 is 24.3 Å². The zero-order chi connectivity index (χ0) is 30.1. The second-order valence-corrected chi connectivity index (χ2v) is 9.98. The minimum absolute atomic E-state index is 0.0553. The molecule has 0 fully saturated rings. The molecule has 0 aliphatic carbocycles. The lowest BCUT2D eigenvalue weighted by Gasteiger charge is -2.08. The number of carbonyl (C=O) groups is 2. The monoisotopic (exact) mass is 591 g/mol. The van der Waals surface area contributed by atoms with E-state index in [1.165, 1.54) is 6.07 Å². The van der Waals surface area contributed by atoms with Gasteiger partial charge in [0.1, 0.15) is 37.1 Å². The van der Waals surface area contributed by atoms with Crippen molar-refractivity contribution in [1.82, 2.24) is 4.57 Å². The number of aryl methyl sites for hydroxylation is 1. The number of aromatic nitrogens is 1. The lowest BCUT2D eigenvalue weighted by molar-refractivity contribution is -0.138. The maximum absolute atomic E-state index is 15.1. The number of carboxylic acids is 2. The number of benzene rings is 3. The van der Waals surface area contributed by atoms with Gasteiger partial charge in [-0.15, -0.1) is 0 Å². The Morgan fingerprint density at radius 1 is 0.929 bits per heavy atom. The van der Waals surface area contributed by atoms with Crippen LogP contribution in [0.3, 0.4) is 0 Å². The van der Waals surface area contributed by atoms with E-state index in [4.69, 9.17) is 26.2 Å². The Morgan fingerprint density at radius 3 is 2.33 bits per heavy atom. The van der Waals surface area contributed by atoms with Crippen molar-refractivity contribution in [3.63, 3.8) is 0 Å². The minimum Gasteiger partial charge on any atom is -0.490 e. The van der Waals surface area contributed by atoms with Gasteiger partial charge in [0.05, 0.1) is 10.5 Å². The maximum atomic E-state index is 15.1. The lowest BCUT2D eigenvalue weighted by Crippen LogP contribution is -2.10. The Morgan fingerprint density at radius 2 is 1.64 bits per heavy atom. The second kappa shape index (κ2) is 14.4. The number of halogens is 2. The van der Waals surface area contributed by atoms with Gasteiger partial charge in [0, 0.05) is 17.5 Å². The predicted octanol–water partition coefficient (Wildman–Crippen LogP) is 7.42. The zero-order valence-corrected chi connectivity index (χ0v) is 23.8. The summed E-state index contributed by atoms with van der Waals surface area (Å²) in [5.41, 5.74) is 3.25. The number of nitrogens with zero attached hydrogens (tertiary/aromatic N) is 1. The van der Waals surface area contributed by atoms with E-state index in [1.807, 2.05) is 60.7 Å². The van der Waals surface area contributed by atoms with Gasteiger partial charge in [0.15, 0.2) is 0 Å². The molecule has 0 bridgehead atoms. The summed E-state index contributed by atoms with van der Waals surface area (Å²) in [4.78, 5) is 22.7. The first-order chi connectivity index (χ1) is 20.2. The minimum atomic E-state index is -1.05. The zero-order valence-electron chi connectivity index (χ0n) is 23.1. The number of hydrogen-bond acceptors (Lipinski definition) is 4. The number of carboxylic acid groups (broad SMARTS) is 2. The summed E-state index contributed by atoms with van der Waals surface area (Å²) in [6.07, 6.45) is 7.98. The average Bonchev–Trinajstić information content (AvgIpc) is 3.23. The van der Waals surface area contributed by atoms with Crippen molar-refractivity contribution >= 4 is 46.6 Å². The van der Waals surface area contributed by atoms with Crippen LogP contribution >= 0.6 is 11.6 Å². The van der Waals surface area contributed by atoms with Gasteiger partial charge in [-0.3, -0.25) is 9.59 Å². The Kier molecular flexibility index (Phi) is 10.4. The number of rotatable bonds is 14. The average molecular weight is 592 g/mol. The van der Waals surface area contributed by atoms with Crippen LogP contribution in [0.5, 0.6) is 11.5 Å². The first kappa shape index (κ1) is 30.4. The third kappa shape index (κ3) is 7.79. The largest absolute Gasteiger partial charge is 0.490 e. The van der Waals surface area contributed by atoms with Crippen molar-refractivity contribution < 1.29 is 33.7 Å². The van der Waals surface area contributed by atoms with Gasteiger partial charge in [-0.05, 0) is 85.0 Å². The molecule has 3 aromatic carbocycles. The molecular formula is C33H31ClFNO6. The smallest absolute Gasteiger partial charge is 0.323 e. The number of aliphatic carboxylic acids is 2. The highest BCUT2D eigenvalue weighted by Gasteiger charge is 2.21. The molecule has 9 heteroatoms. The summed E-state index contributed by atoms with van der Waals surface area (Å²) in [6, 6.07) is 17.7. The predicted molar refractivity (Wildman–Crippen MR) is 162 cm³/mol.